The van der Waals surface area contributed by atoms with Crippen LogP contribution in [0.4, 0.5) is 5.69 Å². The molecule has 0 saturated carbocycles. The van der Waals surface area contributed by atoms with Gasteiger partial charge in [0.15, 0.2) is 6.10 Å². The van der Waals surface area contributed by atoms with Crippen LogP contribution in [0.3, 0.4) is 0 Å². The van der Waals surface area contributed by atoms with E-state index in [-0.39, 0.29) is 16.6 Å². The Hall–Kier alpha value is -3.42. The number of benzene rings is 2. The zero-order valence-electron chi connectivity index (χ0n) is 16.4. The van der Waals surface area contributed by atoms with Crippen LogP contribution in [0, 0.1) is 11.3 Å². The second-order valence-corrected chi connectivity index (χ2v) is 8.54. The number of hydrogen-bond acceptors (Lipinski definition) is 7. The Morgan fingerprint density at radius 2 is 2.03 bits per heavy atom. The summed E-state index contributed by atoms with van der Waals surface area (Å²) in [7, 11) is -3.83. The summed E-state index contributed by atoms with van der Waals surface area (Å²) in [6, 6.07) is 14.6. The number of nitriles is 1. The first-order valence-corrected chi connectivity index (χ1v) is 11.2. The van der Waals surface area contributed by atoms with Crippen LogP contribution in [0.25, 0.3) is 0 Å². The van der Waals surface area contributed by atoms with Crippen molar-refractivity contribution in [3.05, 3.63) is 78.1 Å². The minimum absolute atomic E-state index is 0.0295. The quantitative estimate of drug-likeness (QED) is 0.526. The van der Waals surface area contributed by atoms with Gasteiger partial charge >= 0.3 is 0 Å². The van der Waals surface area contributed by atoms with E-state index in [2.05, 4.69) is 29.2 Å². The number of amides is 1. The van der Waals surface area contributed by atoms with Gasteiger partial charge in [0.2, 0.25) is 0 Å². The van der Waals surface area contributed by atoms with Crippen LogP contribution in [0.15, 0.2) is 77.4 Å². The van der Waals surface area contributed by atoms with Gasteiger partial charge in [-0.3, -0.25) is 9.52 Å². The summed E-state index contributed by atoms with van der Waals surface area (Å²) in [6.45, 7) is 4.01. The monoisotopic (exact) mass is 456 g/mol. The molecule has 160 valence electrons. The van der Waals surface area contributed by atoms with E-state index in [0.717, 1.165) is 0 Å². The number of hydrogen-bond donors (Lipinski definition) is 3. The van der Waals surface area contributed by atoms with Crippen LogP contribution in [-0.2, 0) is 14.8 Å². The van der Waals surface area contributed by atoms with Gasteiger partial charge in [-0.1, -0.05) is 12.6 Å². The fraction of sp³-hybridized carbons (Fsp3) is 0.143. The van der Waals surface area contributed by atoms with Crippen molar-refractivity contribution >= 4 is 34.2 Å². The summed E-state index contributed by atoms with van der Waals surface area (Å²) in [5.74, 6) is 0.296. The molecule has 2 N–H and O–H groups in total. The first-order chi connectivity index (χ1) is 14.8. The largest absolute Gasteiger partial charge is 0.480 e. The molecule has 1 saturated heterocycles. The van der Waals surface area contributed by atoms with Crippen molar-refractivity contribution in [3.63, 3.8) is 0 Å². The van der Waals surface area contributed by atoms with Gasteiger partial charge in [0, 0.05) is 24.9 Å². The average Bonchev–Trinajstić information content (AvgIpc) is 3.12. The zero-order valence-corrected chi connectivity index (χ0v) is 18.1. The molecule has 0 aliphatic carbocycles. The number of carbonyl (C=O) groups excluding carboxylic acids is 1. The van der Waals surface area contributed by atoms with E-state index in [1.807, 2.05) is 6.07 Å². The van der Waals surface area contributed by atoms with Gasteiger partial charge in [-0.2, -0.15) is 5.26 Å². The van der Waals surface area contributed by atoms with E-state index in [4.69, 9.17) is 10.00 Å². The Morgan fingerprint density at radius 1 is 1.29 bits per heavy atom. The van der Waals surface area contributed by atoms with Gasteiger partial charge in [0.25, 0.3) is 15.9 Å². The summed E-state index contributed by atoms with van der Waals surface area (Å²) in [5, 5.41) is 13.0. The lowest BCUT2D eigenvalue weighted by Crippen LogP contribution is -2.32. The maximum Gasteiger partial charge on any atom is 0.268 e. The number of sulfonamides is 1. The Bertz CT molecular complexity index is 1150. The summed E-state index contributed by atoms with van der Waals surface area (Å²) in [4.78, 5) is 14.3. The van der Waals surface area contributed by atoms with Gasteiger partial charge in [-0.25, -0.2) is 8.42 Å². The third-order valence-corrected chi connectivity index (χ3v) is 6.00. The number of ether oxygens (including phenoxy) is 1. The number of thiol groups is 1. The average molecular weight is 457 g/mol. The van der Waals surface area contributed by atoms with E-state index >= 15 is 0 Å². The third-order valence-electron chi connectivity index (χ3n) is 4.45. The highest BCUT2D eigenvalue weighted by atomic mass is 32.2. The van der Waals surface area contributed by atoms with Gasteiger partial charge < -0.3 is 15.0 Å². The molecular formula is C21H20N4O4S2. The normalized spacial score (nSPS) is 16.2. The highest BCUT2D eigenvalue weighted by molar-refractivity contribution is 7.89. The molecule has 2 aromatic carbocycles. The molecule has 1 unspecified atom stereocenters. The second-order valence-electron chi connectivity index (χ2n) is 6.56. The highest BCUT2D eigenvalue weighted by Crippen LogP contribution is 2.26. The van der Waals surface area contributed by atoms with Crippen molar-refractivity contribution in [3.8, 4) is 11.8 Å². The van der Waals surface area contributed by atoms with Crippen molar-refractivity contribution in [2.75, 3.05) is 11.4 Å². The maximum absolute atomic E-state index is 12.8. The molecule has 8 nitrogen and oxygen atoms in total. The van der Waals surface area contributed by atoms with Gasteiger partial charge in [-0.05, 0) is 47.9 Å². The standard InChI is InChI=1S/C21H20N4O4S2/c1-15(23-10-12-30)24-31(27,28)19-7-5-17(6-8-19)25-11-9-20(21(25)26)29-18-4-2-3-16(13-18)14-22/h2-8,10,12-13,20,23-24,30H,1,9,11H2/b12-10-. The van der Waals surface area contributed by atoms with Crippen LogP contribution in [0.5, 0.6) is 5.75 Å². The highest BCUT2D eigenvalue weighted by Gasteiger charge is 2.34. The SMILES string of the molecule is C=C(N/C=C\S)NS(=O)(=O)c1ccc(N2CCC(Oc3cccc(C#N)c3)C2=O)cc1. The van der Waals surface area contributed by atoms with E-state index in [0.29, 0.717) is 30.0 Å². The van der Waals surface area contributed by atoms with Crippen LogP contribution >= 0.6 is 12.6 Å². The van der Waals surface area contributed by atoms with E-state index in [9.17, 15) is 13.2 Å². The second kappa shape index (κ2) is 9.59. The minimum Gasteiger partial charge on any atom is -0.480 e. The molecule has 1 amide bonds. The van der Waals surface area contributed by atoms with Crippen molar-refractivity contribution < 1.29 is 17.9 Å². The Balaban J connectivity index is 1.68. The predicted octanol–water partition coefficient (Wildman–Crippen LogP) is 2.48. The van der Waals surface area contributed by atoms with Crippen LogP contribution in [0.1, 0.15) is 12.0 Å². The smallest absolute Gasteiger partial charge is 0.268 e. The molecule has 3 rings (SSSR count). The van der Waals surface area contributed by atoms with E-state index in [1.165, 1.54) is 23.7 Å². The molecule has 0 radical (unpaired) electrons. The van der Waals surface area contributed by atoms with Crippen LogP contribution in [-0.4, -0.2) is 27.0 Å². The molecule has 1 aliphatic heterocycles. The first-order valence-electron chi connectivity index (χ1n) is 9.20. The summed E-state index contributed by atoms with van der Waals surface area (Å²) >= 11 is 3.87. The number of carbonyl (C=O) groups is 1. The van der Waals surface area contributed by atoms with E-state index in [1.54, 1.807) is 41.3 Å². The van der Waals surface area contributed by atoms with Gasteiger partial charge in [0.05, 0.1) is 16.5 Å². The fourth-order valence-corrected chi connectivity index (χ4v) is 4.09. The molecule has 10 heteroatoms. The molecule has 1 atom stereocenters. The first kappa shape index (κ1) is 22.3. The molecule has 0 bridgehead atoms. The van der Waals surface area contributed by atoms with Gasteiger partial charge in [-0.15, -0.1) is 12.6 Å². The third kappa shape index (κ3) is 5.39. The Kier molecular flexibility index (Phi) is 6.89. The molecule has 1 aliphatic rings. The number of nitrogens with one attached hydrogen (secondary N) is 2. The molecule has 0 spiro atoms. The minimum atomic E-state index is -3.83. The summed E-state index contributed by atoms with van der Waals surface area (Å²) < 4.78 is 32.9. The van der Waals surface area contributed by atoms with Crippen LogP contribution in [0.2, 0.25) is 0 Å². The van der Waals surface area contributed by atoms with Crippen molar-refractivity contribution in [1.29, 1.82) is 5.26 Å². The summed E-state index contributed by atoms with van der Waals surface area (Å²) in [5.41, 5.74) is 1.01. The molecule has 31 heavy (non-hydrogen) atoms. The van der Waals surface area contributed by atoms with Crippen molar-refractivity contribution in [1.82, 2.24) is 10.0 Å². The number of rotatable bonds is 8. The fourth-order valence-electron chi connectivity index (χ4n) is 3.02. The molecule has 0 aromatic heterocycles. The van der Waals surface area contributed by atoms with Crippen LogP contribution < -0.4 is 19.7 Å². The number of nitrogens with zero attached hydrogens (tertiary/aromatic N) is 2. The lowest BCUT2D eigenvalue weighted by molar-refractivity contribution is -0.122. The lowest BCUT2D eigenvalue weighted by atomic mass is 10.2. The lowest BCUT2D eigenvalue weighted by Gasteiger charge is -2.18. The van der Waals surface area contributed by atoms with E-state index < -0.39 is 16.1 Å². The predicted molar refractivity (Wildman–Crippen MR) is 120 cm³/mol. The van der Waals surface area contributed by atoms with Gasteiger partial charge in [0.1, 0.15) is 11.6 Å². The molecule has 2 aromatic rings. The number of anilines is 1. The summed E-state index contributed by atoms with van der Waals surface area (Å²) in [6.07, 6.45) is 1.22. The molecule has 1 fully saturated rings. The van der Waals surface area contributed by atoms with Crippen molar-refractivity contribution in [2.24, 2.45) is 0 Å². The topological polar surface area (TPSA) is 112 Å². The Morgan fingerprint density at radius 3 is 2.71 bits per heavy atom. The molecular weight excluding hydrogens is 436 g/mol. The zero-order chi connectivity index (χ0) is 22.4. The maximum atomic E-state index is 12.8. The molecule has 1 heterocycles. The van der Waals surface area contributed by atoms with Crippen molar-refractivity contribution in [2.45, 2.75) is 17.4 Å². The Labute approximate surface area is 186 Å².